The molecule has 0 radical (unpaired) electrons. The summed E-state index contributed by atoms with van der Waals surface area (Å²) in [6, 6.07) is 2.60. The summed E-state index contributed by atoms with van der Waals surface area (Å²) >= 11 is 0. The van der Waals surface area contributed by atoms with Crippen molar-refractivity contribution < 1.29 is 44.3 Å². The second kappa shape index (κ2) is 7.58. The van der Waals surface area contributed by atoms with E-state index in [0.29, 0.717) is 12.1 Å². The molecule has 0 heterocycles. The van der Waals surface area contributed by atoms with Crippen LogP contribution in [-0.2, 0) is 6.11 Å². The number of ether oxygens (including phenoxy) is 1. The average molecular weight is 436 g/mol. The molecule has 1 nitrogen and oxygen atoms in total. The number of benzene rings is 3. The maximum Gasteiger partial charge on any atom is 0.429 e. The molecule has 10 heteroatoms. The maximum atomic E-state index is 14.4. The van der Waals surface area contributed by atoms with Crippen LogP contribution < -0.4 is 4.74 Å². The van der Waals surface area contributed by atoms with Crippen molar-refractivity contribution in [3.8, 4) is 16.9 Å². The molecule has 0 aromatic heterocycles. The van der Waals surface area contributed by atoms with E-state index < -0.39 is 69.3 Å². The number of halogens is 9. The SMILES string of the molecule is Cc1cc(F)c(-c2ccc(C(F)(F)Oc3cc(F)c(F)c(F)c3)c(F)c2F)c(F)c1. The van der Waals surface area contributed by atoms with Gasteiger partial charge in [-0.3, -0.25) is 0 Å². The van der Waals surface area contributed by atoms with Crippen LogP contribution in [-0.4, -0.2) is 0 Å². The smallest absolute Gasteiger partial charge is 0.429 e. The van der Waals surface area contributed by atoms with Crippen molar-refractivity contribution in [2.24, 2.45) is 0 Å². The molecule has 3 rings (SSSR count). The molecule has 0 saturated carbocycles. The van der Waals surface area contributed by atoms with Gasteiger partial charge in [-0.15, -0.1) is 0 Å². The van der Waals surface area contributed by atoms with Gasteiger partial charge in [0.15, 0.2) is 29.1 Å². The zero-order chi connectivity index (χ0) is 22.4. The second-order valence-corrected chi connectivity index (χ2v) is 6.21. The fraction of sp³-hybridized carbons (Fsp3) is 0.100. The Labute approximate surface area is 163 Å². The van der Waals surface area contributed by atoms with Gasteiger partial charge < -0.3 is 4.74 Å². The third kappa shape index (κ3) is 3.81. The second-order valence-electron chi connectivity index (χ2n) is 6.21. The van der Waals surface area contributed by atoms with Gasteiger partial charge in [0, 0.05) is 17.7 Å². The third-order valence-corrected chi connectivity index (χ3v) is 4.06. The summed E-state index contributed by atoms with van der Waals surface area (Å²) in [5.74, 6) is -13.6. The molecule has 0 unspecified atom stereocenters. The number of aryl methyl sites for hydroxylation is 1. The van der Waals surface area contributed by atoms with E-state index in [9.17, 15) is 39.5 Å². The van der Waals surface area contributed by atoms with Gasteiger partial charge in [-0.2, -0.15) is 8.78 Å². The molecule has 30 heavy (non-hydrogen) atoms. The molecule has 0 aliphatic heterocycles. The van der Waals surface area contributed by atoms with Crippen molar-refractivity contribution in [2.45, 2.75) is 13.0 Å². The van der Waals surface area contributed by atoms with Crippen LogP contribution in [0.3, 0.4) is 0 Å². The highest BCUT2D eigenvalue weighted by atomic mass is 19.3. The summed E-state index contributed by atoms with van der Waals surface area (Å²) in [6.45, 7) is 1.34. The molecule has 3 aromatic rings. The first kappa shape index (κ1) is 21.5. The Morgan fingerprint density at radius 1 is 0.667 bits per heavy atom. The van der Waals surface area contributed by atoms with Gasteiger partial charge in [-0.25, -0.2) is 30.7 Å². The lowest BCUT2D eigenvalue weighted by Gasteiger charge is -2.20. The molecule has 0 spiro atoms. The zero-order valence-electron chi connectivity index (χ0n) is 14.8. The van der Waals surface area contributed by atoms with Gasteiger partial charge in [0.1, 0.15) is 22.9 Å². The van der Waals surface area contributed by atoms with Gasteiger partial charge in [0.05, 0.1) is 5.56 Å². The molecule has 0 aliphatic rings. The van der Waals surface area contributed by atoms with Gasteiger partial charge in [0.25, 0.3) is 0 Å². The van der Waals surface area contributed by atoms with Gasteiger partial charge >= 0.3 is 6.11 Å². The Bertz CT molecular complexity index is 1100. The van der Waals surface area contributed by atoms with Crippen molar-refractivity contribution in [1.29, 1.82) is 0 Å². The summed E-state index contributed by atoms with van der Waals surface area (Å²) in [7, 11) is 0. The highest BCUT2D eigenvalue weighted by molar-refractivity contribution is 5.66. The Balaban J connectivity index is 2.05. The van der Waals surface area contributed by atoms with Crippen molar-refractivity contribution >= 4 is 0 Å². The lowest BCUT2D eigenvalue weighted by molar-refractivity contribution is -0.187. The minimum absolute atomic E-state index is 0.0754. The molecule has 0 aliphatic carbocycles. The normalized spacial score (nSPS) is 11.7. The number of hydrogen-bond acceptors (Lipinski definition) is 1. The van der Waals surface area contributed by atoms with Gasteiger partial charge in [-0.05, 0) is 30.7 Å². The fourth-order valence-electron chi connectivity index (χ4n) is 2.72. The van der Waals surface area contributed by atoms with Crippen molar-refractivity contribution in [3.05, 3.63) is 88.2 Å². The molecular formula is C20H9F9O. The monoisotopic (exact) mass is 436 g/mol. The van der Waals surface area contributed by atoms with E-state index in [2.05, 4.69) is 4.74 Å². The number of hydrogen-bond donors (Lipinski definition) is 0. The lowest BCUT2D eigenvalue weighted by Crippen LogP contribution is -2.24. The quantitative estimate of drug-likeness (QED) is 0.324. The summed E-state index contributed by atoms with van der Waals surface area (Å²) in [5, 5.41) is 0. The standard InChI is InChI=1S/C20H9F9O/c1-8-4-12(21)16(13(22)5-8)10-2-3-11(18(26)17(10)25)20(28,29)30-9-6-14(23)19(27)15(24)7-9/h2-7H,1H3. The van der Waals surface area contributed by atoms with Crippen LogP contribution in [0.1, 0.15) is 11.1 Å². The van der Waals surface area contributed by atoms with Crippen LogP contribution in [0, 0.1) is 47.6 Å². The topological polar surface area (TPSA) is 9.23 Å². The molecule has 0 atom stereocenters. The van der Waals surface area contributed by atoms with Crippen LogP contribution in [0.2, 0.25) is 0 Å². The number of rotatable bonds is 4. The van der Waals surface area contributed by atoms with Crippen molar-refractivity contribution in [3.63, 3.8) is 0 Å². The summed E-state index contributed by atoms with van der Waals surface area (Å²) in [6.07, 6.45) is -4.68. The fourth-order valence-corrected chi connectivity index (χ4v) is 2.72. The van der Waals surface area contributed by atoms with E-state index in [-0.39, 0.29) is 17.7 Å². The molecule has 0 N–H and O–H groups in total. The van der Waals surface area contributed by atoms with Crippen LogP contribution in [0.25, 0.3) is 11.1 Å². The first-order valence-electron chi connectivity index (χ1n) is 8.08. The molecule has 0 amide bonds. The Morgan fingerprint density at radius 3 is 1.73 bits per heavy atom. The highest BCUT2D eigenvalue weighted by Crippen LogP contribution is 2.38. The van der Waals surface area contributed by atoms with Gasteiger partial charge in [0.2, 0.25) is 0 Å². The zero-order valence-corrected chi connectivity index (χ0v) is 14.8. The molecule has 0 saturated heterocycles. The van der Waals surface area contributed by atoms with E-state index in [0.717, 1.165) is 12.1 Å². The lowest BCUT2D eigenvalue weighted by atomic mass is 9.99. The average Bonchev–Trinajstić information content (AvgIpc) is 2.61. The first-order chi connectivity index (χ1) is 13.9. The van der Waals surface area contributed by atoms with E-state index in [1.54, 1.807) is 0 Å². The highest BCUT2D eigenvalue weighted by Gasteiger charge is 2.40. The molecule has 0 bridgehead atoms. The summed E-state index contributed by atoms with van der Waals surface area (Å²) in [4.78, 5) is 0. The van der Waals surface area contributed by atoms with E-state index in [1.807, 2.05) is 0 Å². The van der Waals surface area contributed by atoms with Gasteiger partial charge in [-0.1, -0.05) is 6.07 Å². The van der Waals surface area contributed by atoms with E-state index in [1.165, 1.54) is 6.92 Å². The van der Waals surface area contributed by atoms with Crippen molar-refractivity contribution in [2.75, 3.05) is 0 Å². The van der Waals surface area contributed by atoms with E-state index >= 15 is 0 Å². The molecule has 0 fully saturated rings. The molecular weight excluding hydrogens is 427 g/mol. The Morgan fingerprint density at radius 2 is 1.20 bits per heavy atom. The largest absolute Gasteiger partial charge is 0.429 e. The first-order valence-corrected chi connectivity index (χ1v) is 8.08. The van der Waals surface area contributed by atoms with E-state index in [4.69, 9.17) is 0 Å². The number of alkyl halides is 2. The van der Waals surface area contributed by atoms with Crippen molar-refractivity contribution in [1.82, 2.24) is 0 Å². The Kier molecular flexibility index (Phi) is 5.44. The molecule has 3 aromatic carbocycles. The van der Waals surface area contributed by atoms with Crippen LogP contribution in [0.15, 0.2) is 36.4 Å². The Hall–Kier alpha value is -3.17. The third-order valence-electron chi connectivity index (χ3n) is 4.06. The minimum atomic E-state index is -4.68. The maximum absolute atomic E-state index is 14.4. The van der Waals surface area contributed by atoms with Crippen LogP contribution in [0.5, 0.6) is 5.75 Å². The predicted molar refractivity (Wildman–Crippen MR) is 87.3 cm³/mol. The molecule has 158 valence electrons. The predicted octanol–water partition coefficient (Wildman–Crippen LogP) is 6.76. The summed E-state index contributed by atoms with van der Waals surface area (Å²) in [5.41, 5.74) is -3.52. The van der Waals surface area contributed by atoms with Crippen LogP contribution in [0.4, 0.5) is 39.5 Å². The summed E-state index contributed by atoms with van der Waals surface area (Å²) < 4.78 is 129. The van der Waals surface area contributed by atoms with Crippen LogP contribution >= 0.6 is 0 Å². The minimum Gasteiger partial charge on any atom is -0.429 e.